The normalized spacial score (nSPS) is 10.5. The lowest BCUT2D eigenvalue weighted by atomic mass is 10.2. The summed E-state index contributed by atoms with van der Waals surface area (Å²) in [6, 6.07) is 15.8. The van der Waals surface area contributed by atoms with Crippen molar-refractivity contribution >= 4 is 23.4 Å². The Balaban J connectivity index is 1.74. The molecule has 1 amide bonds. The number of aryl methyl sites for hydroxylation is 1. The van der Waals surface area contributed by atoms with Gasteiger partial charge < -0.3 is 4.90 Å². The quantitative estimate of drug-likeness (QED) is 0.559. The SMILES string of the molecule is Cc1cccc(-n2ccnc2SCC(=O)N(CCC#N)c2ccc(F)cc2)c1. The molecule has 0 saturated heterocycles. The van der Waals surface area contributed by atoms with Gasteiger partial charge in [-0.15, -0.1) is 0 Å². The summed E-state index contributed by atoms with van der Waals surface area (Å²) in [4.78, 5) is 18.7. The fourth-order valence-electron chi connectivity index (χ4n) is 2.76. The van der Waals surface area contributed by atoms with E-state index in [4.69, 9.17) is 5.26 Å². The highest BCUT2D eigenvalue weighted by molar-refractivity contribution is 7.99. The van der Waals surface area contributed by atoms with Crippen LogP contribution in [0.2, 0.25) is 0 Å². The zero-order valence-corrected chi connectivity index (χ0v) is 16.2. The average molecular weight is 394 g/mol. The first-order valence-corrected chi connectivity index (χ1v) is 9.73. The van der Waals surface area contributed by atoms with Crippen molar-refractivity contribution in [3.63, 3.8) is 0 Å². The maximum Gasteiger partial charge on any atom is 0.237 e. The molecule has 0 bridgehead atoms. The van der Waals surface area contributed by atoms with Gasteiger partial charge in [0.2, 0.25) is 5.91 Å². The Labute approximate surface area is 167 Å². The lowest BCUT2D eigenvalue weighted by molar-refractivity contribution is -0.116. The van der Waals surface area contributed by atoms with Gasteiger partial charge >= 0.3 is 0 Å². The summed E-state index contributed by atoms with van der Waals surface area (Å²) in [5.74, 6) is -0.373. The summed E-state index contributed by atoms with van der Waals surface area (Å²) >= 11 is 1.33. The zero-order chi connectivity index (χ0) is 19.9. The monoisotopic (exact) mass is 394 g/mol. The minimum Gasteiger partial charge on any atom is -0.311 e. The van der Waals surface area contributed by atoms with Crippen LogP contribution in [0.25, 0.3) is 5.69 Å². The van der Waals surface area contributed by atoms with Crippen LogP contribution < -0.4 is 4.90 Å². The number of amides is 1. The first kappa shape index (κ1) is 19.6. The topological polar surface area (TPSA) is 61.9 Å². The first-order chi connectivity index (χ1) is 13.6. The number of nitriles is 1. The van der Waals surface area contributed by atoms with E-state index in [1.807, 2.05) is 48.0 Å². The number of imidazole rings is 1. The molecule has 3 rings (SSSR count). The molecule has 0 saturated carbocycles. The number of thioether (sulfide) groups is 1. The van der Waals surface area contributed by atoms with Crippen molar-refractivity contribution in [1.29, 1.82) is 5.26 Å². The fraction of sp³-hybridized carbons (Fsp3) is 0.190. The van der Waals surface area contributed by atoms with E-state index in [9.17, 15) is 9.18 Å². The number of nitrogens with zero attached hydrogens (tertiary/aromatic N) is 4. The molecule has 2 aromatic carbocycles. The minimum atomic E-state index is -0.369. The van der Waals surface area contributed by atoms with Gasteiger partial charge in [0.1, 0.15) is 5.82 Å². The van der Waals surface area contributed by atoms with Crippen LogP contribution in [0.3, 0.4) is 0 Å². The molecule has 3 aromatic rings. The van der Waals surface area contributed by atoms with Crippen LogP contribution in [-0.4, -0.2) is 27.8 Å². The summed E-state index contributed by atoms with van der Waals surface area (Å²) in [6.45, 7) is 2.28. The van der Waals surface area contributed by atoms with Gasteiger partial charge in [0.05, 0.1) is 18.2 Å². The van der Waals surface area contributed by atoms with Gasteiger partial charge in [-0.3, -0.25) is 9.36 Å². The Morgan fingerprint density at radius 1 is 1.29 bits per heavy atom. The van der Waals surface area contributed by atoms with E-state index in [-0.39, 0.29) is 30.4 Å². The van der Waals surface area contributed by atoms with Crippen molar-refractivity contribution < 1.29 is 9.18 Å². The van der Waals surface area contributed by atoms with Crippen LogP contribution in [0, 0.1) is 24.1 Å². The van der Waals surface area contributed by atoms with E-state index in [1.54, 1.807) is 18.3 Å². The second-order valence-corrected chi connectivity index (χ2v) is 7.08. The molecule has 7 heteroatoms. The number of carbonyl (C=O) groups excluding carboxylic acids is 1. The predicted molar refractivity (Wildman–Crippen MR) is 108 cm³/mol. The molecule has 0 radical (unpaired) electrons. The minimum absolute atomic E-state index is 0.158. The molecular weight excluding hydrogens is 375 g/mol. The maximum absolute atomic E-state index is 13.2. The molecule has 0 fully saturated rings. The highest BCUT2D eigenvalue weighted by Gasteiger charge is 2.17. The first-order valence-electron chi connectivity index (χ1n) is 8.74. The predicted octanol–water partition coefficient (Wildman–Crippen LogP) is 4.36. The highest BCUT2D eigenvalue weighted by atomic mass is 32.2. The van der Waals surface area contributed by atoms with E-state index in [2.05, 4.69) is 4.98 Å². The van der Waals surface area contributed by atoms with E-state index in [0.29, 0.717) is 10.8 Å². The Morgan fingerprint density at radius 2 is 2.07 bits per heavy atom. The summed E-state index contributed by atoms with van der Waals surface area (Å²) in [5.41, 5.74) is 2.69. The van der Waals surface area contributed by atoms with Gasteiger partial charge in [0, 0.05) is 30.3 Å². The van der Waals surface area contributed by atoms with Crippen molar-refractivity contribution in [1.82, 2.24) is 9.55 Å². The van der Waals surface area contributed by atoms with Gasteiger partial charge in [-0.1, -0.05) is 23.9 Å². The fourth-order valence-corrected chi connectivity index (χ4v) is 3.60. The number of aromatic nitrogens is 2. The molecule has 0 aliphatic heterocycles. The molecule has 0 unspecified atom stereocenters. The molecule has 1 heterocycles. The number of carbonyl (C=O) groups is 1. The average Bonchev–Trinajstić information content (AvgIpc) is 3.16. The van der Waals surface area contributed by atoms with Crippen molar-refractivity contribution in [2.75, 3.05) is 17.2 Å². The molecule has 0 aliphatic rings. The standard InChI is InChI=1S/C21H19FN4OS/c1-16-4-2-5-19(14-16)26-13-11-24-21(26)28-15-20(27)25(12-3-10-23)18-8-6-17(22)7-9-18/h2,4-9,11,13-14H,3,12,15H2,1H3. The van der Waals surface area contributed by atoms with Crippen molar-refractivity contribution in [2.24, 2.45) is 0 Å². The van der Waals surface area contributed by atoms with E-state index in [0.717, 1.165) is 11.3 Å². The third-order valence-electron chi connectivity index (χ3n) is 4.10. The molecule has 0 spiro atoms. The Bertz CT molecular complexity index is 994. The largest absolute Gasteiger partial charge is 0.311 e. The van der Waals surface area contributed by atoms with Crippen LogP contribution in [0.4, 0.5) is 10.1 Å². The summed E-state index contributed by atoms with van der Waals surface area (Å²) in [6.07, 6.45) is 3.75. The lowest BCUT2D eigenvalue weighted by Crippen LogP contribution is -2.33. The van der Waals surface area contributed by atoms with Crippen molar-refractivity contribution in [2.45, 2.75) is 18.5 Å². The smallest absolute Gasteiger partial charge is 0.237 e. The number of anilines is 1. The number of benzene rings is 2. The van der Waals surface area contributed by atoms with Gasteiger partial charge in [0.25, 0.3) is 0 Å². The second-order valence-electron chi connectivity index (χ2n) is 6.14. The van der Waals surface area contributed by atoms with Gasteiger partial charge in [0.15, 0.2) is 5.16 Å². The Morgan fingerprint density at radius 3 is 2.79 bits per heavy atom. The summed E-state index contributed by atoms with van der Waals surface area (Å²) < 4.78 is 15.1. The van der Waals surface area contributed by atoms with E-state index < -0.39 is 0 Å². The Hall–Kier alpha value is -3.11. The van der Waals surface area contributed by atoms with Gasteiger partial charge in [-0.25, -0.2) is 9.37 Å². The van der Waals surface area contributed by atoms with Gasteiger partial charge in [-0.05, 0) is 48.9 Å². The van der Waals surface area contributed by atoms with Crippen LogP contribution in [0.15, 0.2) is 66.1 Å². The van der Waals surface area contributed by atoms with Crippen LogP contribution in [-0.2, 0) is 4.79 Å². The number of hydrogen-bond acceptors (Lipinski definition) is 4. The van der Waals surface area contributed by atoms with Crippen LogP contribution in [0.5, 0.6) is 0 Å². The maximum atomic E-state index is 13.2. The highest BCUT2D eigenvalue weighted by Crippen LogP contribution is 2.23. The third kappa shape index (κ3) is 4.78. The third-order valence-corrected chi connectivity index (χ3v) is 5.05. The van der Waals surface area contributed by atoms with Gasteiger partial charge in [-0.2, -0.15) is 5.26 Å². The molecule has 28 heavy (non-hydrogen) atoms. The van der Waals surface area contributed by atoms with Crippen LogP contribution >= 0.6 is 11.8 Å². The molecule has 5 nitrogen and oxygen atoms in total. The number of rotatable bonds is 7. The van der Waals surface area contributed by atoms with Crippen molar-refractivity contribution in [3.05, 3.63) is 72.3 Å². The van der Waals surface area contributed by atoms with E-state index >= 15 is 0 Å². The summed E-state index contributed by atoms with van der Waals surface area (Å²) in [5, 5.41) is 9.59. The molecular formula is C21H19FN4OS. The zero-order valence-electron chi connectivity index (χ0n) is 15.4. The molecule has 0 atom stereocenters. The Kier molecular flexibility index (Phi) is 6.45. The van der Waals surface area contributed by atoms with E-state index in [1.165, 1.54) is 28.8 Å². The van der Waals surface area contributed by atoms with Crippen molar-refractivity contribution in [3.8, 4) is 11.8 Å². The molecule has 0 aliphatic carbocycles. The van der Waals surface area contributed by atoms with Crippen LogP contribution in [0.1, 0.15) is 12.0 Å². The number of halogens is 1. The second kappa shape index (κ2) is 9.20. The molecule has 142 valence electrons. The lowest BCUT2D eigenvalue weighted by Gasteiger charge is -2.21. The summed E-state index contributed by atoms with van der Waals surface area (Å²) in [7, 11) is 0. The molecule has 1 aromatic heterocycles. The molecule has 0 N–H and O–H groups in total. The number of hydrogen-bond donors (Lipinski definition) is 0.